The van der Waals surface area contributed by atoms with E-state index in [1.165, 1.54) is 33.4 Å². The van der Waals surface area contributed by atoms with Gasteiger partial charge in [0.1, 0.15) is 0 Å². The molecule has 0 radical (unpaired) electrons. The monoisotopic (exact) mass is 474 g/mol. The Morgan fingerprint density at radius 3 is 2.03 bits per heavy atom. The quantitative estimate of drug-likeness (QED) is 0.259. The molecular formula is C34H22N2O. The summed E-state index contributed by atoms with van der Waals surface area (Å²) in [5, 5.41) is 0. The first-order chi connectivity index (χ1) is 18.3. The van der Waals surface area contributed by atoms with E-state index in [1.54, 1.807) is 0 Å². The molecule has 1 aliphatic rings. The lowest BCUT2D eigenvalue weighted by Crippen LogP contribution is -2.28. The second-order valence-electron chi connectivity index (χ2n) is 9.64. The van der Waals surface area contributed by atoms with Crippen molar-refractivity contribution in [3.8, 4) is 22.4 Å². The van der Waals surface area contributed by atoms with E-state index < -0.39 is 5.41 Å². The van der Waals surface area contributed by atoms with Crippen molar-refractivity contribution in [2.75, 3.05) is 0 Å². The first kappa shape index (κ1) is 20.3. The predicted molar refractivity (Wildman–Crippen MR) is 148 cm³/mol. The molecule has 174 valence electrons. The summed E-state index contributed by atoms with van der Waals surface area (Å²) < 4.78 is 8.07. The molecule has 0 spiro atoms. The fourth-order valence-electron chi connectivity index (χ4n) is 6.19. The number of para-hydroxylation sites is 2. The van der Waals surface area contributed by atoms with Gasteiger partial charge in [0.25, 0.3) is 0 Å². The van der Waals surface area contributed by atoms with Gasteiger partial charge in [-0.3, -0.25) is 4.40 Å². The molecule has 0 atom stereocenters. The van der Waals surface area contributed by atoms with Crippen molar-refractivity contribution in [1.29, 1.82) is 0 Å². The van der Waals surface area contributed by atoms with Gasteiger partial charge in [-0.05, 0) is 51.6 Å². The topological polar surface area (TPSA) is 30.4 Å². The molecular weight excluding hydrogens is 452 g/mol. The summed E-state index contributed by atoms with van der Waals surface area (Å²) in [6.07, 6.45) is 2.08. The molecule has 0 amide bonds. The van der Waals surface area contributed by atoms with Gasteiger partial charge in [-0.1, -0.05) is 109 Å². The number of oxazole rings is 1. The molecule has 0 aliphatic heterocycles. The van der Waals surface area contributed by atoms with Gasteiger partial charge < -0.3 is 4.42 Å². The first-order valence-corrected chi connectivity index (χ1v) is 12.6. The van der Waals surface area contributed by atoms with Crippen LogP contribution in [0.5, 0.6) is 0 Å². The van der Waals surface area contributed by atoms with Gasteiger partial charge in [0.15, 0.2) is 5.58 Å². The summed E-state index contributed by atoms with van der Waals surface area (Å²) in [4.78, 5) is 4.88. The zero-order valence-electron chi connectivity index (χ0n) is 20.0. The van der Waals surface area contributed by atoms with E-state index in [9.17, 15) is 0 Å². The van der Waals surface area contributed by atoms with Crippen LogP contribution in [0.1, 0.15) is 22.3 Å². The first-order valence-electron chi connectivity index (χ1n) is 12.6. The minimum Gasteiger partial charge on any atom is -0.423 e. The van der Waals surface area contributed by atoms with Crippen molar-refractivity contribution in [2.24, 2.45) is 0 Å². The van der Waals surface area contributed by atoms with Gasteiger partial charge >= 0.3 is 5.84 Å². The molecule has 0 bridgehead atoms. The minimum atomic E-state index is -0.421. The summed E-state index contributed by atoms with van der Waals surface area (Å²) in [5.41, 5.74) is 11.1. The van der Waals surface area contributed by atoms with E-state index in [2.05, 4.69) is 115 Å². The van der Waals surface area contributed by atoms with Gasteiger partial charge in [0.2, 0.25) is 0 Å². The molecule has 0 fully saturated rings. The third-order valence-electron chi connectivity index (χ3n) is 7.75. The van der Waals surface area contributed by atoms with Crippen LogP contribution in [0.4, 0.5) is 0 Å². The number of fused-ring (bicyclic) bond motifs is 6. The Morgan fingerprint density at radius 2 is 1.24 bits per heavy atom. The van der Waals surface area contributed by atoms with Crippen molar-refractivity contribution in [3.63, 3.8) is 0 Å². The average molecular weight is 475 g/mol. The highest BCUT2D eigenvalue weighted by atomic mass is 16.4. The van der Waals surface area contributed by atoms with E-state index in [1.807, 2.05) is 22.6 Å². The maximum atomic E-state index is 6.03. The molecule has 3 nitrogen and oxygen atoms in total. The molecule has 8 rings (SSSR count). The number of imidazole rings is 1. The van der Waals surface area contributed by atoms with Crippen LogP contribution in [0.15, 0.2) is 138 Å². The summed E-state index contributed by atoms with van der Waals surface area (Å²) >= 11 is 0. The average Bonchev–Trinajstić information content (AvgIpc) is 3.62. The van der Waals surface area contributed by atoms with Gasteiger partial charge in [-0.25, -0.2) is 0 Å². The Morgan fingerprint density at radius 1 is 0.595 bits per heavy atom. The normalized spacial score (nSPS) is 13.6. The third-order valence-corrected chi connectivity index (χ3v) is 7.75. The molecule has 0 unspecified atom stereocenters. The van der Waals surface area contributed by atoms with Gasteiger partial charge in [0, 0.05) is 11.8 Å². The van der Waals surface area contributed by atoms with Crippen LogP contribution in [-0.4, -0.2) is 9.38 Å². The highest BCUT2D eigenvalue weighted by Crippen LogP contribution is 2.56. The van der Waals surface area contributed by atoms with Gasteiger partial charge in [-0.15, -0.1) is 0 Å². The zero-order chi connectivity index (χ0) is 24.4. The van der Waals surface area contributed by atoms with Crippen molar-refractivity contribution < 1.29 is 4.42 Å². The standard InChI is InChI=1S/C34H22N2O/c1-3-11-24(12-4-1)34(25-13-5-2-6-14-25)28-16-8-7-15-26(28)27-20-19-23(21-29(27)34)30-22-36-31-17-9-10-18-32(31)37-33(36)35-30/h1-22H. The fourth-order valence-corrected chi connectivity index (χ4v) is 6.19. The highest BCUT2D eigenvalue weighted by Gasteiger charge is 2.46. The maximum absolute atomic E-state index is 6.03. The van der Waals surface area contributed by atoms with Crippen molar-refractivity contribution in [2.45, 2.75) is 5.41 Å². The number of hydrogen-bond acceptors (Lipinski definition) is 2. The van der Waals surface area contributed by atoms with Crippen LogP contribution in [0.25, 0.3) is 39.3 Å². The Kier molecular flexibility index (Phi) is 4.15. The smallest absolute Gasteiger partial charge is 0.307 e. The Bertz CT molecular complexity index is 1890. The lowest BCUT2D eigenvalue weighted by atomic mass is 9.67. The Hall–Kier alpha value is -4.89. The summed E-state index contributed by atoms with van der Waals surface area (Å²) in [6, 6.07) is 45.4. The molecule has 0 saturated heterocycles. The molecule has 2 heterocycles. The molecule has 7 aromatic rings. The highest BCUT2D eigenvalue weighted by molar-refractivity contribution is 5.88. The minimum absolute atomic E-state index is 0.421. The van der Waals surface area contributed by atoms with Gasteiger partial charge in [-0.2, -0.15) is 4.98 Å². The van der Waals surface area contributed by atoms with E-state index in [0.717, 1.165) is 22.4 Å². The summed E-state index contributed by atoms with van der Waals surface area (Å²) in [7, 11) is 0. The summed E-state index contributed by atoms with van der Waals surface area (Å²) in [5.74, 6) is 0.609. The molecule has 2 aromatic heterocycles. The lowest BCUT2D eigenvalue weighted by molar-refractivity contribution is 0.642. The number of aromatic nitrogens is 2. The van der Waals surface area contributed by atoms with Crippen molar-refractivity contribution in [1.82, 2.24) is 9.38 Å². The van der Waals surface area contributed by atoms with Gasteiger partial charge in [0.05, 0.1) is 16.6 Å². The Labute approximate surface area is 214 Å². The van der Waals surface area contributed by atoms with Crippen LogP contribution in [0.3, 0.4) is 0 Å². The second kappa shape index (κ2) is 7.55. The number of hydrogen-bond donors (Lipinski definition) is 0. The molecule has 1 aliphatic carbocycles. The SMILES string of the molecule is c1ccc(C2(c3ccccc3)c3ccccc3-c3ccc(-c4cn5c(n4)oc4ccccc45)cc32)cc1. The molecule has 0 N–H and O–H groups in total. The predicted octanol–water partition coefficient (Wildman–Crippen LogP) is 8.11. The number of nitrogens with zero attached hydrogens (tertiary/aromatic N) is 2. The zero-order valence-corrected chi connectivity index (χ0v) is 20.0. The largest absolute Gasteiger partial charge is 0.423 e. The van der Waals surface area contributed by atoms with Crippen LogP contribution in [0.2, 0.25) is 0 Å². The lowest BCUT2D eigenvalue weighted by Gasteiger charge is -2.34. The number of rotatable bonds is 3. The Balaban J connectivity index is 1.42. The van der Waals surface area contributed by atoms with Crippen molar-refractivity contribution in [3.05, 3.63) is 156 Å². The van der Waals surface area contributed by atoms with E-state index >= 15 is 0 Å². The number of benzene rings is 5. The maximum Gasteiger partial charge on any atom is 0.307 e. The van der Waals surface area contributed by atoms with Crippen molar-refractivity contribution >= 4 is 16.9 Å². The summed E-state index contributed by atoms with van der Waals surface area (Å²) in [6.45, 7) is 0. The third kappa shape index (κ3) is 2.74. The molecule has 5 aromatic carbocycles. The van der Waals surface area contributed by atoms with Crippen LogP contribution in [0, 0.1) is 0 Å². The fraction of sp³-hybridized carbons (Fsp3) is 0.0294. The molecule has 0 saturated carbocycles. The van der Waals surface area contributed by atoms with E-state index in [-0.39, 0.29) is 0 Å². The second-order valence-corrected chi connectivity index (χ2v) is 9.64. The van der Waals surface area contributed by atoms with E-state index in [4.69, 9.17) is 9.40 Å². The molecule has 37 heavy (non-hydrogen) atoms. The molecule has 3 heteroatoms. The van der Waals surface area contributed by atoms with E-state index in [0.29, 0.717) is 5.84 Å². The van der Waals surface area contributed by atoms with Crippen LogP contribution in [-0.2, 0) is 5.41 Å². The van der Waals surface area contributed by atoms with Crippen LogP contribution < -0.4 is 0 Å². The van der Waals surface area contributed by atoms with Crippen LogP contribution >= 0.6 is 0 Å².